The third-order valence-corrected chi connectivity index (χ3v) is 3.41. The molecule has 0 saturated heterocycles. The van der Waals surface area contributed by atoms with Crippen LogP contribution in [0.25, 0.3) is 0 Å². The van der Waals surface area contributed by atoms with Gasteiger partial charge in [0.2, 0.25) is 0 Å². The van der Waals surface area contributed by atoms with Gasteiger partial charge >= 0.3 is 5.97 Å². The maximum Gasteiger partial charge on any atom is 0.309 e. The molecule has 0 heterocycles. The summed E-state index contributed by atoms with van der Waals surface area (Å²) >= 11 is 9.24. The lowest BCUT2D eigenvalue weighted by Gasteiger charge is -2.20. The van der Waals surface area contributed by atoms with Gasteiger partial charge in [0.15, 0.2) is 0 Å². The maximum absolute atomic E-state index is 11.1. The van der Waals surface area contributed by atoms with Crippen molar-refractivity contribution in [2.24, 2.45) is 5.92 Å². The van der Waals surface area contributed by atoms with Gasteiger partial charge in [-0.2, -0.15) is 0 Å². The van der Waals surface area contributed by atoms with Gasteiger partial charge < -0.3 is 10.2 Å². The van der Waals surface area contributed by atoms with E-state index in [0.29, 0.717) is 23.4 Å². The third-order valence-electron chi connectivity index (χ3n) is 2.57. The Labute approximate surface area is 114 Å². The van der Waals surface area contributed by atoms with Crippen LogP contribution < -0.4 is 0 Å². The summed E-state index contributed by atoms with van der Waals surface area (Å²) in [5, 5.41) is 19.6. The number of benzene rings is 1. The van der Waals surface area contributed by atoms with E-state index in [0.717, 1.165) is 4.47 Å². The average molecular weight is 322 g/mol. The number of hydrogen-bond donors (Lipinski definition) is 2. The number of aliphatic carboxylic acids is 1. The smallest absolute Gasteiger partial charge is 0.309 e. The minimum Gasteiger partial charge on any atom is -0.481 e. The van der Waals surface area contributed by atoms with Crippen molar-refractivity contribution in [3.8, 4) is 0 Å². The van der Waals surface area contributed by atoms with E-state index in [1.54, 1.807) is 18.2 Å². The standard InChI is InChI=1S/C12H14BrClO3/c1-2-3-8(12(16)17)11(15)9-6-7(13)4-5-10(9)14/h4-6,8,11,15H,2-3H2,1H3,(H,16,17). The Bertz CT molecular complexity index is 409. The summed E-state index contributed by atoms with van der Waals surface area (Å²) in [7, 11) is 0. The first kappa shape index (κ1) is 14.5. The Balaban J connectivity index is 3.04. The summed E-state index contributed by atoms with van der Waals surface area (Å²) in [6, 6.07) is 5.03. The van der Waals surface area contributed by atoms with Crippen molar-refractivity contribution in [2.75, 3.05) is 0 Å². The van der Waals surface area contributed by atoms with Gasteiger partial charge in [-0.25, -0.2) is 0 Å². The SMILES string of the molecule is CCCC(C(=O)O)C(O)c1cc(Br)ccc1Cl. The molecule has 0 aliphatic carbocycles. The number of aliphatic hydroxyl groups is 1. The van der Waals surface area contributed by atoms with Gasteiger partial charge in [0.05, 0.1) is 12.0 Å². The fourth-order valence-corrected chi connectivity index (χ4v) is 2.29. The molecule has 2 unspecified atom stereocenters. The van der Waals surface area contributed by atoms with Crippen molar-refractivity contribution < 1.29 is 15.0 Å². The van der Waals surface area contributed by atoms with Crippen LogP contribution in [-0.2, 0) is 4.79 Å². The van der Waals surface area contributed by atoms with Crippen LogP contribution in [0.1, 0.15) is 31.4 Å². The van der Waals surface area contributed by atoms with Crippen molar-refractivity contribution in [2.45, 2.75) is 25.9 Å². The highest BCUT2D eigenvalue weighted by atomic mass is 79.9. The molecule has 0 fully saturated rings. The molecule has 0 aliphatic heterocycles. The molecule has 0 aromatic heterocycles. The predicted molar refractivity (Wildman–Crippen MR) is 70.1 cm³/mol. The van der Waals surface area contributed by atoms with E-state index in [1.807, 2.05) is 6.92 Å². The molecule has 0 aliphatic rings. The summed E-state index contributed by atoms with van der Waals surface area (Å²) in [6.07, 6.45) is 0.0244. The van der Waals surface area contributed by atoms with Crippen molar-refractivity contribution in [3.63, 3.8) is 0 Å². The Hall–Kier alpha value is -0.580. The van der Waals surface area contributed by atoms with Crippen LogP contribution in [0.2, 0.25) is 5.02 Å². The molecule has 94 valence electrons. The number of halogens is 2. The van der Waals surface area contributed by atoms with Crippen LogP contribution in [0.15, 0.2) is 22.7 Å². The van der Waals surface area contributed by atoms with Gasteiger partial charge in [0.25, 0.3) is 0 Å². The van der Waals surface area contributed by atoms with Crippen LogP contribution in [0.4, 0.5) is 0 Å². The number of aliphatic hydroxyl groups excluding tert-OH is 1. The molecule has 0 radical (unpaired) electrons. The van der Waals surface area contributed by atoms with Crippen LogP contribution in [0.5, 0.6) is 0 Å². The molecule has 2 atom stereocenters. The van der Waals surface area contributed by atoms with E-state index in [4.69, 9.17) is 16.7 Å². The molecule has 0 bridgehead atoms. The molecule has 0 spiro atoms. The normalized spacial score (nSPS) is 14.4. The van der Waals surface area contributed by atoms with Crippen molar-refractivity contribution in [1.29, 1.82) is 0 Å². The molecular weight excluding hydrogens is 307 g/mol. The zero-order valence-electron chi connectivity index (χ0n) is 9.36. The first-order valence-corrected chi connectivity index (χ1v) is 6.50. The van der Waals surface area contributed by atoms with Gasteiger partial charge in [-0.3, -0.25) is 4.79 Å². The lowest BCUT2D eigenvalue weighted by molar-refractivity contribution is -0.146. The molecule has 1 aromatic carbocycles. The van der Waals surface area contributed by atoms with Crippen LogP contribution in [0, 0.1) is 5.92 Å². The highest BCUT2D eigenvalue weighted by Gasteiger charge is 2.28. The van der Waals surface area contributed by atoms with Gasteiger partial charge in [0.1, 0.15) is 0 Å². The summed E-state index contributed by atoms with van der Waals surface area (Å²) in [4.78, 5) is 11.1. The minimum atomic E-state index is -1.09. The van der Waals surface area contributed by atoms with Crippen LogP contribution in [-0.4, -0.2) is 16.2 Å². The largest absolute Gasteiger partial charge is 0.481 e. The average Bonchev–Trinajstić information content (AvgIpc) is 2.28. The fourth-order valence-electron chi connectivity index (χ4n) is 1.69. The third kappa shape index (κ3) is 3.69. The number of carboxylic acid groups (broad SMARTS) is 1. The molecular formula is C12H14BrClO3. The molecule has 0 saturated carbocycles. The second-order valence-corrected chi connectivity index (χ2v) is 5.17. The summed E-state index contributed by atoms with van der Waals surface area (Å²) in [6.45, 7) is 1.88. The lowest BCUT2D eigenvalue weighted by atomic mass is 9.92. The van der Waals surface area contributed by atoms with Crippen molar-refractivity contribution >= 4 is 33.5 Å². The van der Waals surface area contributed by atoms with E-state index in [2.05, 4.69) is 15.9 Å². The number of carboxylic acids is 1. The predicted octanol–water partition coefficient (Wildman–Crippen LogP) is 3.64. The molecule has 17 heavy (non-hydrogen) atoms. The maximum atomic E-state index is 11.1. The van der Waals surface area contributed by atoms with Crippen LogP contribution >= 0.6 is 27.5 Å². The number of hydrogen-bond acceptors (Lipinski definition) is 2. The zero-order chi connectivity index (χ0) is 13.0. The van der Waals surface area contributed by atoms with E-state index in [-0.39, 0.29) is 0 Å². The highest BCUT2D eigenvalue weighted by molar-refractivity contribution is 9.10. The fraction of sp³-hybridized carbons (Fsp3) is 0.417. The molecule has 3 nitrogen and oxygen atoms in total. The second-order valence-electron chi connectivity index (χ2n) is 3.84. The molecule has 5 heteroatoms. The second kappa shape index (κ2) is 6.38. The molecule has 2 N–H and O–H groups in total. The number of carbonyl (C=O) groups is 1. The van der Waals surface area contributed by atoms with Crippen molar-refractivity contribution in [1.82, 2.24) is 0 Å². The Morgan fingerprint density at radius 1 is 1.53 bits per heavy atom. The Morgan fingerprint density at radius 2 is 2.18 bits per heavy atom. The molecule has 1 rings (SSSR count). The number of rotatable bonds is 5. The summed E-state index contributed by atoms with van der Waals surface area (Å²) < 4.78 is 0.761. The van der Waals surface area contributed by atoms with E-state index in [9.17, 15) is 9.90 Å². The summed E-state index contributed by atoms with van der Waals surface area (Å²) in [5.74, 6) is -1.83. The summed E-state index contributed by atoms with van der Waals surface area (Å²) in [5.41, 5.74) is 0.446. The Morgan fingerprint density at radius 3 is 2.71 bits per heavy atom. The quantitative estimate of drug-likeness (QED) is 0.870. The first-order valence-electron chi connectivity index (χ1n) is 5.33. The van der Waals surface area contributed by atoms with Gasteiger partial charge in [-0.15, -0.1) is 0 Å². The van der Waals surface area contributed by atoms with E-state index < -0.39 is 18.0 Å². The van der Waals surface area contributed by atoms with E-state index >= 15 is 0 Å². The monoisotopic (exact) mass is 320 g/mol. The highest BCUT2D eigenvalue weighted by Crippen LogP contribution is 2.32. The van der Waals surface area contributed by atoms with Gasteiger partial charge in [-0.1, -0.05) is 40.9 Å². The molecule has 1 aromatic rings. The van der Waals surface area contributed by atoms with E-state index in [1.165, 1.54) is 0 Å². The van der Waals surface area contributed by atoms with Gasteiger partial charge in [-0.05, 0) is 24.6 Å². The topological polar surface area (TPSA) is 57.5 Å². The zero-order valence-corrected chi connectivity index (χ0v) is 11.7. The van der Waals surface area contributed by atoms with Gasteiger partial charge in [0, 0.05) is 15.1 Å². The lowest BCUT2D eigenvalue weighted by Crippen LogP contribution is -2.22. The molecule has 0 amide bonds. The van der Waals surface area contributed by atoms with Crippen LogP contribution in [0.3, 0.4) is 0 Å². The first-order chi connectivity index (χ1) is 7.97. The Kier molecular flexibility index (Phi) is 5.43. The van der Waals surface area contributed by atoms with Crippen molar-refractivity contribution in [3.05, 3.63) is 33.3 Å². The minimum absolute atomic E-state index is 0.378.